The SMILES string of the molecule is CC(O)CNCC(O)CNC(=O)C(Cc1ccc2ccccc2c1)NC(=O)CCCN1C(=O)CCSc2ccccc21. The first-order chi connectivity index (χ1) is 20.3. The number of nitrogens with one attached hydrogen (secondary N) is 3. The van der Waals surface area contributed by atoms with Crippen LogP contribution in [0.5, 0.6) is 0 Å². The van der Waals surface area contributed by atoms with Crippen LogP contribution < -0.4 is 20.9 Å². The Kier molecular flexibility index (Phi) is 11.8. The first-order valence-electron chi connectivity index (χ1n) is 14.4. The number of aliphatic hydroxyl groups is 2. The van der Waals surface area contributed by atoms with Crippen LogP contribution in [0.2, 0.25) is 0 Å². The number of carbonyl (C=O) groups excluding carboxylic acids is 3. The standard InChI is InChI=1S/C32H40N4O5S/c1-22(37)19-33-20-26(38)21-34-32(41)27(18-23-12-13-24-7-2-3-8-25(24)17-23)35-30(39)11-6-15-36-28-9-4-5-10-29(28)42-16-14-31(36)40/h2-5,7-10,12-13,17,22,26-27,33,37-38H,6,11,14-16,18-21H2,1H3,(H,34,41)(H,35,39). The lowest BCUT2D eigenvalue weighted by Gasteiger charge is -2.23. The second-order valence-corrected chi connectivity index (χ2v) is 11.8. The fourth-order valence-corrected chi connectivity index (χ4v) is 5.91. The zero-order valence-electron chi connectivity index (χ0n) is 23.9. The van der Waals surface area contributed by atoms with Crippen molar-refractivity contribution in [3.63, 3.8) is 0 Å². The highest BCUT2D eigenvalue weighted by Gasteiger charge is 2.24. The number of aliphatic hydroxyl groups excluding tert-OH is 2. The zero-order valence-corrected chi connectivity index (χ0v) is 24.7. The summed E-state index contributed by atoms with van der Waals surface area (Å²) in [5.41, 5.74) is 1.78. The molecule has 9 nitrogen and oxygen atoms in total. The molecule has 0 saturated heterocycles. The van der Waals surface area contributed by atoms with Gasteiger partial charge >= 0.3 is 0 Å². The number of benzene rings is 3. The number of amides is 3. The first-order valence-corrected chi connectivity index (χ1v) is 15.4. The summed E-state index contributed by atoms with van der Waals surface area (Å²) in [6.07, 6.45) is -0.0500. The fourth-order valence-electron chi connectivity index (χ4n) is 4.91. The number of nitrogens with zero attached hydrogens (tertiary/aromatic N) is 1. The van der Waals surface area contributed by atoms with Gasteiger partial charge in [0.05, 0.1) is 17.9 Å². The van der Waals surface area contributed by atoms with Crippen LogP contribution in [0.1, 0.15) is 31.7 Å². The van der Waals surface area contributed by atoms with Gasteiger partial charge in [0.25, 0.3) is 0 Å². The molecule has 0 bridgehead atoms. The maximum atomic E-state index is 13.2. The van der Waals surface area contributed by atoms with Gasteiger partial charge in [-0.05, 0) is 41.8 Å². The summed E-state index contributed by atoms with van der Waals surface area (Å²) >= 11 is 1.66. The monoisotopic (exact) mass is 592 g/mol. The van der Waals surface area contributed by atoms with E-state index < -0.39 is 18.2 Å². The minimum Gasteiger partial charge on any atom is -0.392 e. The number of fused-ring (bicyclic) bond motifs is 2. The van der Waals surface area contributed by atoms with Gasteiger partial charge in [-0.1, -0.05) is 54.6 Å². The Balaban J connectivity index is 1.37. The number of rotatable bonds is 14. The van der Waals surface area contributed by atoms with Crippen LogP contribution in [-0.4, -0.2) is 78.1 Å². The van der Waals surface area contributed by atoms with E-state index in [1.165, 1.54) is 0 Å². The lowest BCUT2D eigenvalue weighted by Crippen LogP contribution is -2.50. The Labute approximate surface area is 251 Å². The number of carbonyl (C=O) groups is 3. The van der Waals surface area contributed by atoms with Crippen molar-refractivity contribution in [2.45, 2.75) is 55.8 Å². The van der Waals surface area contributed by atoms with Crippen LogP contribution in [0.25, 0.3) is 10.8 Å². The van der Waals surface area contributed by atoms with Gasteiger partial charge < -0.3 is 31.1 Å². The Morgan fingerprint density at radius 2 is 1.74 bits per heavy atom. The van der Waals surface area contributed by atoms with Gasteiger partial charge in [0, 0.05) is 56.1 Å². The maximum Gasteiger partial charge on any atom is 0.243 e. The highest BCUT2D eigenvalue weighted by molar-refractivity contribution is 7.99. The van der Waals surface area contributed by atoms with Crippen molar-refractivity contribution in [3.05, 3.63) is 72.3 Å². The van der Waals surface area contributed by atoms with E-state index in [9.17, 15) is 24.6 Å². The number of hydrogen-bond donors (Lipinski definition) is 5. The van der Waals surface area contributed by atoms with E-state index in [4.69, 9.17) is 0 Å². The minimum atomic E-state index is -0.850. The smallest absolute Gasteiger partial charge is 0.243 e. The normalized spacial score (nSPS) is 15.4. The molecule has 1 aliphatic heterocycles. The lowest BCUT2D eigenvalue weighted by atomic mass is 10.0. The van der Waals surface area contributed by atoms with Gasteiger partial charge in [0.2, 0.25) is 17.7 Å². The minimum absolute atomic E-state index is 0.00419. The Morgan fingerprint density at radius 1 is 0.976 bits per heavy atom. The first kappa shape index (κ1) is 31.5. The summed E-state index contributed by atoms with van der Waals surface area (Å²) in [5.74, 6) is 0.103. The van der Waals surface area contributed by atoms with Crippen LogP contribution in [0.4, 0.5) is 5.69 Å². The second kappa shape index (κ2) is 15.7. The van der Waals surface area contributed by atoms with E-state index in [1.54, 1.807) is 23.6 Å². The molecule has 3 amide bonds. The van der Waals surface area contributed by atoms with Crippen LogP contribution in [0.3, 0.4) is 0 Å². The molecule has 42 heavy (non-hydrogen) atoms. The topological polar surface area (TPSA) is 131 Å². The number of para-hydroxylation sites is 1. The zero-order chi connectivity index (χ0) is 29.9. The van der Waals surface area contributed by atoms with Gasteiger partial charge in [-0.3, -0.25) is 14.4 Å². The van der Waals surface area contributed by atoms with E-state index in [0.29, 0.717) is 25.9 Å². The maximum absolute atomic E-state index is 13.2. The van der Waals surface area contributed by atoms with Crippen molar-refractivity contribution in [3.8, 4) is 0 Å². The third-order valence-corrected chi connectivity index (χ3v) is 8.12. The molecule has 0 spiro atoms. The predicted octanol–water partition coefficient (Wildman–Crippen LogP) is 2.62. The molecule has 4 rings (SSSR count). The Hall–Kier alpha value is -3.44. The van der Waals surface area contributed by atoms with Crippen molar-refractivity contribution in [2.75, 3.05) is 36.8 Å². The van der Waals surface area contributed by atoms with Crippen molar-refractivity contribution >= 4 is 45.9 Å². The fraction of sp³-hybridized carbons (Fsp3) is 0.406. The van der Waals surface area contributed by atoms with Gasteiger partial charge in [-0.15, -0.1) is 11.8 Å². The van der Waals surface area contributed by atoms with E-state index in [2.05, 4.69) is 16.0 Å². The average Bonchev–Trinajstić information content (AvgIpc) is 3.13. The van der Waals surface area contributed by atoms with E-state index in [1.807, 2.05) is 66.7 Å². The lowest BCUT2D eigenvalue weighted by molar-refractivity contribution is -0.129. The van der Waals surface area contributed by atoms with Crippen LogP contribution >= 0.6 is 11.8 Å². The largest absolute Gasteiger partial charge is 0.392 e. The van der Waals surface area contributed by atoms with Gasteiger partial charge in [0.15, 0.2) is 0 Å². The van der Waals surface area contributed by atoms with Crippen LogP contribution in [-0.2, 0) is 20.8 Å². The summed E-state index contributed by atoms with van der Waals surface area (Å²) in [6, 6.07) is 20.9. The molecule has 0 aromatic heterocycles. The summed E-state index contributed by atoms with van der Waals surface area (Å²) in [7, 11) is 0. The Morgan fingerprint density at radius 3 is 2.55 bits per heavy atom. The predicted molar refractivity (Wildman–Crippen MR) is 167 cm³/mol. The summed E-state index contributed by atoms with van der Waals surface area (Å²) in [4.78, 5) is 41.9. The highest BCUT2D eigenvalue weighted by atomic mass is 32.2. The molecule has 3 aromatic carbocycles. The summed E-state index contributed by atoms with van der Waals surface area (Å²) in [5, 5.41) is 30.3. The third-order valence-electron chi connectivity index (χ3n) is 7.05. The quantitative estimate of drug-likeness (QED) is 0.195. The molecule has 224 valence electrons. The van der Waals surface area contributed by atoms with Gasteiger partial charge in [-0.25, -0.2) is 0 Å². The number of hydrogen-bond acceptors (Lipinski definition) is 7. The molecule has 0 radical (unpaired) electrons. The van der Waals surface area contributed by atoms with Crippen molar-refractivity contribution in [1.29, 1.82) is 0 Å². The molecule has 5 N–H and O–H groups in total. The van der Waals surface area contributed by atoms with Crippen molar-refractivity contribution in [1.82, 2.24) is 16.0 Å². The Bertz CT molecular complexity index is 1370. The molecule has 10 heteroatoms. The molecule has 3 atom stereocenters. The van der Waals surface area contributed by atoms with Crippen molar-refractivity contribution in [2.24, 2.45) is 0 Å². The van der Waals surface area contributed by atoms with Crippen LogP contribution in [0.15, 0.2) is 71.6 Å². The van der Waals surface area contributed by atoms with Crippen LogP contribution in [0, 0.1) is 0 Å². The molecule has 0 fully saturated rings. The molecular formula is C32H40N4O5S. The second-order valence-electron chi connectivity index (χ2n) is 10.6. The number of thioether (sulfide) groups is 1. The van der Waals surface area contributed by atoms with Crippen molar-refractivity contribution < 1.29 is 24.6 Å². The number of anilines is 1. The molecule has 3 unspecified atom stereocenters. The molecule has 0 saturated carbocycles. The van der Waals surface area contributed by atoms with Gasteiger partial charge in [0.1, 0.15) is 6.04 Å². The van der Waals surface area contributed by atoms with E-state index >= 15 is 0 Å². The molecule has 1 heterocycles. The van der Waals surface area contributed by atoms with E-state index in [0.717, 1.165) is 32.7 Å². The molecule has 1 aliphatic rings. The average molecular weight is 593 g/mol. The van der Waals surface area contributed by atoms with E-state index in [-0.39, 0.29) is 43.7 Å². The molecule has 3 aromatic rings. The summed E-state index contributed by atoms with van der Waals surface area (Å²) in [6.45, 7) is 2.61. The molecule has 0 aliphatic carbocycles. The molecular weight excluding hydrogens is 552 g/mol. The van der Waals surface area contributed by atoms with Gasteiger partial charge in [-0.2, -0.15) is 0 Å². The summed E-state index contributed by atoms with van der Waals surface area (Å²) < 4.78 is 0. The highest BCUT2D eigenvalue weighted by Crippen LogP contribution is 2.34. The third kappa shape index (κ3) is 9.29.